The van der Waals surface area contributed by atoms with Gasteiger partial charge in [-0.25, -0.2) is 4.79 Å². The lowest BCUT2D eigenvalue weighted by Gasteiger charge is -2.21. The number of halogens is 1. The molecule has 1 heterocycles. The molecule has 2 amide bonds. The standard InChI is InChI=1S/C23H28ClN3O3Si/c1-27-20-11-10-17(24)14-18(20)21(16-8-6-5-7-9-16)26-19(22(27)28)15-25-23(29)30-12-13-31(2,3)4/h5-11,14,19H,12-13,15H2,1-4H3,(H,25,29). The summed E-state index contributed by atoms with van der Waals surface area (Å²) in [6.45, 7) is 7.09. The Bertz CT molecular complexity index is 989. The molecular formula is C23H28ClN3O3Si. The van der Waals surface area contributed by atoms with Crippen molar-refractivity contribution in [2.24, 2.45) is 4.99 Å². The van der Waals surface area contributed by atoms with Crippen molar-refractivity contribution in [1.29, 1.82) is 0 Å². The van der Waals surface area contributed by atoms with Crippen LogP contribution in [-0.2, 0) is 9.53 Å². The van der Waals surface area contributed by atoms with Gasteiger partial charge in [0.1, 0.15) is 6.04 Å². The maximum absolute atomic E-state index is 13.1. The number of alkyl carbamates (subject to hydrolysis) is 1. The van der Waals surface area contributed by atoms with Crippen LogP contribution in [0.2, 0.25) is 30.7 Å². The van der Waals surface area contributed by atoms with E-state index in [0.29, 0.717) is 17.3 Å². The van der Waals surface area contributed by atoms with Gasteiger partial charge in [-0.1, -0.05) is 61.6 Å². The van der Waals surface area contributed by atoms with Gasteiger partial charge in [0.15, 0.2) is 0 Å². The van der Waals surface area contributed by atoms with Gasteiger partial charge in [0.25, 0.3) is 5.91 Å². The zero-order valence-corrected chi connectivity index (χ0v) is 20.1. The maximum atomic E-state index is 13.1. The fourth-order valence-electron chi connectivity index (χ4n) is 3.25. The van der Waals surface area contributed by atoms with Crippen LogP contribution in [0.1, 0.15) is 11.1 Å². The smallest absolute Gasteiger partial charge is 0.407 e. The highest BCUT2D eigenvalue weighted by atomic mass is 35.5. The predicted octanol–water partition coefficient (Wildman–Crippen LogP) is 4.59. The minimum Gasteiger partial charge on any atom is -0.450 e. The monoisotopic (exact) mass is 457 g/mol. The number of hydrogen-bond donors (Lipinski definition) is 1. The second kappa shape index (κ2) is 9.66. The van der Waals surface area contributed by atoms with Crippen molar-refractivity contribution in [3.05, 3.63) is 64.7 Å². The van der Waals surface area contributed by atoms with Crippen LogP contribution in [0.3, 0.4) is 0 Å². The van der Waals surface area contributed by atoms with E-state index in [-0.39, 0.29) is 12.5 Å². The molecule has 1 aliphatic heterocycles. The van der Waals surface area contributed by atoms with Crippen molar-refractivity contribution < 1.29 is 14.3 Å². The molecule has 1 N–H and O–H groups in total. The van der Waals surface area contributed by atoms with Gasteiger partial charge < -0.3 is 15.0 Å². The Labute approximate surface area is 189 Å². The largest absolute Gasteiger partial charge is 0.450 e. The highest BCUT2D eigenvalue weighted by Gasteiger charge is 2.30. The number of ether oxygens (including phenoxy) is 1. The van der Waals surface area contributed by atoms with Gasteiger partial charge >= 0.3 is 6.09 Å². The van der Waals surface area contributed by atoms with Crippen LogP contribution in [-0.4, -0.2) is 52.0 Å². The number of benzene rings is 2. The summed E-state index contributed by atoms with van der Waals surface area (Å²) in [7, 11) is 0.414. The Hall–Kier alpha value is -2.64. The van der Waals surface area contributed by atoms with Crippen LogP contribution in [0.15, 0.2) is 53.5 Å². The molecule has 2 aromatic rings. The molecule has 0 bridgehead atoms. The third-order valence-electron chi connectivity index (χ3n) is 5.05. The molecule has 0 saturated carbocycles. The zero-order chi connectivity index (χ0) is 22.6. The molecule has 0 aromatic heterocycles. The molecule has 2 aromatic carbocycles. The molecule has 31 heavy (non-hydrogen) atoms. The molecule has 0 fully saturated rings. The van der Waals surface area contributed by atoms with Crippen LogP contribution in [0.25, 0.3) is 0 Å². The molecule has 0 aliphatic carbocycles. The number of carbonyl (C=O) groups is 2. The molecule has 1 aliphatic rings. The van der Waals surface area contributed by atoms with E-state index in [4.69, 9.17) is 21.3 Å². The number of amides is 2. The minimum absolute atomic E-state index is 0.0486. The average Bonchev–Trinajstić information content (AvgIpc) is 2.81. The van der Waals surface area contributed by atoms with E-state index in [0.717, 1.165) is 22.9 Å². The summed E-state index contributed by atoms with van der Waals surface area (Å²) in [5.41, 5.74) is 3.03. The number of nitrogens with zero attached hydrogens (tertiary/aromatic N) is 2. The number of anilines is 1. The highest BCUT2D eigenvalue weighted by molar-refractivity contribution is 6.76. The summed E-state index contributed by atoms with van der Waals surface area (Å²) in [5.74, 6) is -0.211. The van der Waals surface area contributed by atoms with E-state index in [1.54, 1.807) is 18.0 Å². The van der Waals surface area contributed by atoms with Crippen molar-refractivity contribution in [2.45, 2.75) is 31.7 Å². The first-order valence-electron chi connectivity index (χ1n) is 10.3. The quantitative estimate of drug-likeness (QED) is 0.645. The van der Waals surface area contributed by atoms with Crippen LogP contribution in [0, 0.1) is 0 Å². The summed E-state index contributed by atoms with van der Waals surface area (Å²) >= 11 is 6.26. The van der Waals surface area contributed by atoms with Gasteiger partial charge in [0, 0.05) is 31.3 Å². The molecule has 1 unspecified atom stereocenters. The minimum atomic E-state index is -1.29. The SMILES string of the molecule is CN1C(=O)C(CNC(=O)OCC[Si](C)(C)C)N=C(c2ccccc2)c2cc(Cl)ccc21. The van der Waals surface area contributed by atoms with Gasteiger partial charge in [0.2, 0.25) is 0 Å². The number of benzodiazepines with no additional fused rings is 1. The van der Waals surface area contributed by atoms with Crippen LogP contribution >= 0.6 is 11.6 Å². The Morgan fingerprint density at radius 3 is 2.58 bits per heavy atom. The molecule has 1 atom stereocenters. The third-order valence-corrected chi connectivity index (χ3v) is 6.99. The van der Waals surface area contributed by atoms with Crippen LogP contribution in [0.5, 0.6) is 0 Å². The van der Waals surface area contributed by atoms with E-state index in [9.17, 15) is 9.59 Å². The van der Waals surface area contributed by atoms with Gasteiger partial charge in [0.05, 0.1) is 24.6 Å². The normalized spacial score (nSPS) is 16.3. The van der Waals surface area contributed by atoms with Crippen molar-refractivity contribution in [1.82, 2.24) is 5.32 Å². The van der Waals surface area contributed by atoms with Crippen molar-refractivity contribution >= 4 is 43.1 Å². The molecule has 6 nitrogen and oxygen atoms in total. The van der Waals surface area contributed by atoms with Gasteiger partial charge in [-0.05, 0) is 24.2 Å². The Morgan fingerprint density at radius 1 is 1.19 bits per heavy atom. The summed E-state index contributed by atoms with van der Waals surface area (Å²) in [5, 5.41) is 3.26. The Morgan fingerprint density at radius 2 is 1.90 bits per heavy atom. The third kappa shape index (κ3) is 5.95. The lowest BCUT2D eigenvalue weighted by atomic mass is 10.0. The molecule has 8 heteroatoms. The van der Waals surface area contributed by atoms with Crippen LogP contribution < -0.4 is 10.2 Å². The zero-order valence-electron chi connectivity index (χ0n) is 18.3. The highest BCUT2D eigenvalue weighted by Crippen LogP contribution is 2.30. The number of hydrogen-bond acceptors (Lipinski definition) is 4. The van der Waals surface area contributed by atoms with E-state index >= 15 is 0 Å². The van der Waals surface area contributed by atoms with E-state index in [1.807, 2.05) is 42.5 Å². The number of likely N-dealkylation sites (N-methyl/N-ethyl adjacent to an activating group) is 1. The van der Waals surface area contributed by atoms with Gasteiger partial charge in [-0.3, -0.25) is 9.79 Å². The molecule has 3 rings (SSSR count). The van der Waals surface area contributed by atoms with E-state index in [2.05, 4.69) is 25.0 Å². The molecular weight excluding hydrogens is 430 g/mol. The molecule has 164 valence electrons. The number of fused-ring (bicyclic) bond motifs is 1. The first-order valence-corrected chi connectivity index (χ1v) is 14.4. The van der Waals surface area contributed by atoms with E-state index < -0.39 is 20.2 Å². The number of nitrogens with one attached hydrogen (secondary N) is 1. The lowest BCUT2D eigenvalue weighted by molar-refractivity contribution is -0.119. The lowest BCUT2D eigenvalue weighted by Crippen LogP contribution is -2.42. The fourth-order valence-corrected chi connectivity index (χ4v) is 4.14. The first kappa shape index (κ1) is 23.0. The molecule has 0 spiro atoms. The number of rotatable bonds is 6. The number of aliphatic imine (C=N–C) groups is 1. The van der Waals surface area contributed by atoms with Crippen molar-refractivity contribution in [2.75, 3.05) is 25.1 Å². The summed E-state index contributed by atoms with van der Waals surface area (Å²) in [6.07, 6.45) is -0.532. The predicted molar refractivity (Wildman–Crippen MR) is 128 cm³/mol. The van der Waals surface area contributed by atoms with Crippen molar-refractivity contribution in [3.63, 3.8) is 0 Å². The Balaban J connectivity index is 1.85. The summed E-state index contributed by atoms with van der Waals surface area (Å²) in [4.78, 5) is 31.6. The average molecular weight is 458 g/mol. The molecule has 0 radical (unpaired) electrons. The van der Waals surface area contributed by atoms with Crippen LogP contribution in [0.4, 0.5) is 10.5 Å². The second-order valence-electron chi connectivity index (χ2n) is 8.75. The van der Waals surface area contributed by atoms with Crippen molar-refractivity contribution in [3.8, 4) is 0 Å². The fraction of sp³-hybridized carbons (Fsp3) is 0.348. The number of carbonyl (C=O) groups excluding carboxylic acids is 2. The maximum Gasteiger partial charge on any atom is 0.407 e. The topological polar surface area (TPSA) is 71.0 Å². The first-order chi connectivity index (χ1) is 14.7. The summed E-state index contributed by atoms with van der Waals surface area (Å²) < 4.78 is 5.29. The summed E-state index contributed by atoms with van der Waals surface area (Å²) in [6, 6.07) is 15.1. The van der Waals surface area contributed by atoms with Gasteiger partial charge in [-0.2, -0.15) is 0 Å². The molecule has 0 saturated heterocycles. The van der Waals surface area contributed by atoms with E-state index in [1.165, 1.54) is 0 Å². The van der Waals surface area contributed by atoms with Gasteiger partial charge in [-0.15, -0.1) is 0 Å². The Kier molecular flexibility index (Phi) is 7.18. The second-order valence-corrected chi connectivity index (χ2v) is 14.8.